The highest BCUT2D eigenvalue weighted by Crippen LogP contribution is 2.34. The highest BCUT2D eigenvalue weighted by molar-refractivity contribution is 5.77. The normalized spacial score (nSPS) is 25.8. The number of morpholine rings is 1. The lowest BCUT2D eigenvalue weighted by atomic mass is 9.90. The summed E-state index contributed by atoms with van der Waals surface area (Å²) in [5.41, 5.74) is -0.400. The minimum Gasteiger partial charge on any atom is -0.441 e. The largest absolute Gasteiger partial charge is 0.441 e. The highest BCUT2D eigenvalue weighted by atomic mass is 16.6. The Labute approximate surface area is 156 Å². The van der Waals surface area contributed by atoms with Gasteiger partial charge in [0.1, 0.15) is 5.60 Å². The van der Waals surface area contributed by atoms with Crippen molar-refractivity contribution >= 4 is 12.0 Å². The molecule has 0 aliphatic carbocycles. The van der Waals surface area contributed by atoms with Gasteiger partial charge in [-0.2, -0.15) is 0 Å². The zero-order chi connectivity index (χ0) is 18.6. The molecule has 7 heteroatoms. The molecule has 3 aliphatic rings. The van der Waals surface area contributed by atoms with Crippen molar-refractivity contribution in [2.24, 2.45) is 5.92 Å². The molecule has 0 bridgehead atoms. The molecule has 3 fully saturated rings. The van der Waals surface area contributed by atoms with E-state index in [4.69, 9.17) is 9.47 Å². The predicted molar refractivity (Wildman–Crippen MR) is 97.9 cm³/mol. The molecule has 0 aromatic rings. The quantitative estimate of drug-likeness (QED) is 0.772. The van der Waals surface area contributed by atoms with Gasteiger partial charge in [0.05, 0.1) is 25.7 Å². The van der Waals surface area contributed by atoms with E-state index in [0.717, 1.165) is 45.3 Å². The number of nitrogens with zero attached hydrogens (tertiary/aromatic N) is 2. The third-order valence-electron chi connectivity index (χ3n) is 6.11. The van der Waals surface area contributed by atoms with Crippen LogP contribution in [0.2, 0.25) is 0 Å². The Balaban J connectivity index is 1.48. The Bertz CT molecular complexity index is 495. The Morgan fingerprint density at radius 1 is 1.31 bits per heavy atom. The van der Waals surface area contributed by atoms with Crippen molar-refractivity contribution in [2.45, 2.75) is 57.7 Å². The molecular formula is C19H33N3O4. The smallest absolute Gasteiger partial charge is 0.410 e. The van der Waals surface area contributed by atoms with Crippen LogP contribution in [0.3, 0.4) is 0 Å². The Morgan fingerprint density at radius 3 is 2.65 bits per heavy atom. The van der Waals surface area contributed by atoms with Crippen molar-refractivity contribution in [3.63, 3.8) is 0 Å². The molecule has 0 aromatic heterocycles. The van der Waals surface area contributed by atoms with Crippen LogP contribution in [0.5, 0.6) is 0 Å². The van der Waals surface area contributed by atoms with Crippen LogP contribution in [0.4, 0.5) is 4.79 Å². The van der Waals surface area contributed by atoms with E-state index in [1.54, 1.807) is 0 Å². The van der Waals surface area contributed by atoms with Crippen LogP contribution < -0.4 is 5.32 Å². The van der Waals surface area contributed by atoms with Gasteiger partial charge in [0.2, 0.25) is 5.91 Å². The van der Waals surface area contributed by atoms with Crippen molar-refractivity contribution in [1.29, 1.82) is 0 Å². The fraction of sp³-hybridized carbons (Fsp3) is 0.895. The first kappa shape index (κ1) is 19.4. The van der Waals surface area contributed by atoms with Gasteiger partial charge in [0.15, 0.2) is 0 Å². The van der Waals surface area contributed by atoms with Gasteiger partial charge < -0.3 is 24.6 Å². The molecule has 1 N–H and O–H groups in total. The lowest BCUT2D eigenvalue weighted by Gasteiger charge is -2.38. The van der Waals surface area contributed by atoms with Gasteiger partial charge >= 0.3 is 6.09 Å². The van der Waals surface area contributed by atoms with Crippen LogP contribution in [-0.4, -0.2) is 79.4 Å². The van der Waals surface area contributed by atoms with Crippen LogP contribution in [0, 0.1) is 5.92 Å². The average Bonchev–Trinajstić information content (AvgIpc) is 2.95. The zero-order valence-corrected chi connectivity index (χ0v) is 16.2. The second-order valence-electron chi connectivity index (χ2n) is 7.90. The number of nitrogens with one attached hydrogen (secondary N) is 1. The first-order valence-electron chi connectivity index (χ1n) is 10.1. The minimum atomic E-state index is -0.400. The van der Waals surface area contributed by atoms with E-state index >= 15 is 0 Å². The van der Waals surface area contributed by atoms with E-state index < -0.39 is 5.60 Å². The number of hydrogen-bond acceptors (Lipinski definition) is 5. The number of amides is 2. The van der Waals surface area contributed by atoms with Gasteiger partial charge in [0.25, 0.3) is 0 Å². The maximum absolute atomic E-state index is 12.5. The SMILES string of the molecule is CCC(CC)CN1CC2(CCN(C(=O)CC3CNCCO3)CC2)OC1=O. The third kappa shape index (κ3) is 4.49. The molecule has 1 unspecified atom stereocenters. The summed E-state index contributed by atoms with van der Waals surface area (Å²) in [5.74, 6) is 0.676. The maximum Gasteiger partial charge on any atom is 0.410 e. The number of carbonyl (C=O) groups is 2. The number of likely N-dealkylation sites (tertiary alicyclic amines) is 1. The lowest BCUT2D eigenvalue weighted by Crippen LogP contribution is -2.50. The second-order valence-corrected chi connectivity index (χ2v) is 7.90. The van der Waals surface area contributed by atoms with Crippen LogP contribution >= 0.6 is 0 Å². The Kier molecular flexibility index (Phi) is 6.40. The van der Waals surface area contributed by atoms with Crippen molar-refractivity contribution in [1.82, 2.24) is 15.1 Å². The summed E-state index contributed by atoms with van der Waals surface area (Å²) in [4.78, 5) is 28.6. The third-order valence-corrected chi connectivity index (χ3v) is 6.11. The minimum absolute atomic E-state index is 0.0213. The van der Waals surface area contributed by atoms with E-state index in [9.17, 15) is 9.59 Å². The summed E-state index contributed by atoms with van der Waals surface area (Å²) in [6, 6.07) is 0. The highest BCUT2D eigenvalue weighted by Gasteiger charge is 2.47. The monoisotopic (exact) mass is 367 g/mol. The summed E-state index contributed by atoms with van der Waals surface area (Å²) in [6.45, 7) is 9.37. The molecule has 0 saturated carbocycles. The summed E-state index contributed by atoms with van der Waals surface area (Å²) in [6.07, 6.45) is 3.84. The predicted octanol–water partition coefficient (Wildman–Crippen LogP) is 1.61. The van der Waals surface area contributed by atoms with Crippen molar-refractivity contribution in [2.75, 3.05) is 45.9 Å². The number of hydrogen-bond donors (Lipinski definition) is 1. The first-order chi connectivity index (χ1) is 12.5. The molecule has 2 amide bonds. The average molecular weight is 367 g/mol. The molecule has 3 saturated heterocycles. The molecule has 3 rings (SSSR count). The molecule has 7 nitrogen and oxygen atoms in total. The molecule has 148 valence electrons. The molecular weight excluding hydrogens is 334 g/mol. The van der Waals surface area contributed by atoms with Crippen LogP contribution in [-0.2, 0) is 14.3 Å². The molecule has 3 aliphatic heterocycles. The number of ether oxygens (including phenoxy) is 2. The zero-order valence-electron chi connectivity index (χ0n) is 16.2. The topological polar surface area (TPSA) is 71.1 Å². The van der Waals surface area contributed by atoms with Crippen LogP contribution in [0.15, 0.2) is 0 Å². The van der Waals surface area contributed by atoms with Crippen LogP contribution in [0.25, 0.3) is 0 Å². The van der Waals surface area contributed by atoms with Gasteiger partial charge in [-0.1, -0.05) is 26.7 Å². The van der Waals surface area contributed by atoms with Gasteiger partial charge in [-0.25, -0.2) is 4.79 Å². The standard InChI is InChI=1S/C19H33N3O4/c1-3-15(4-2)13-22-14-19(26-18(22)24)5-8-21(9-6-19)17(23)11-16-12-20-7-10-25-16/h15-16,20H,3-14H2,1-2H3. The Morgan fingerprint density at radius 2 is 2.04 bits per heavy atom. The van der Waals surface area contributed by atoms with Gasteiger partial charge in [0, 0.05) is 45.6 Å². The number of piperidine rings is 1. The molecule has 3 heterocycles. The number of carbonyl (C=O) groups excluding carboxylic acids is 2. The number of rotatable bonds is 6. The summed E-state index contributed by atoms with van der Waals surface area (Å²) in [5, 5.41) is 3.26. The molecule has 1 atom stereocenters. The fourth-order valence-corrected chi connectivity index (χ4v) is 4.19. The van der Waals surface area contributed by atoms with E-state index in [0.29, 0.717) is 38.6 Å². The lowest BCUT2D eigenvalue weighted by molar-refractivity contribution is -0.138. The summed E-state index contributed by atoms with van der Waals surface area (Å²) in [7, 11) is 0. The molecule has 0 aromatic carbocycles. The Hall–Kier alpha value is -1.34. The summed E-state index contributed by atoms with van der Waals surface area (Å²) < 4.78 is 11.4. The van der Waals surface area contributed by atoms with E-state index in [1.807, 2.05) is 9.80 Å². The van der Waals surface area contributed by atoms with E-state index in [-0.39, 0.29) is 18.1 Å². The van der Waals surface area contributed by atoms with Crippen molar-refractivity contribution < 1.29 is 19.1 Å². The van der Waals surface area contributed by atoms with E-state index in [2.05, 4.69) is 19.2 Å². The van der Waals surface area contributed by atoms with Gasteiger partial charge in [-0.15, -0.1) is 0 Å². The molecule has 1 spiro atoms. The van der Waals surface area contributed by atoms with Crippen LogP contribution in [0.1, 0.15) is 46.0 Å². The summed E-state index contributed by atoms with van der Waals surface area (Å²) >= 11 is 0. The fourth-order valence-electron chi connectivity index (χ4n) is 4.19. The molecule has 0 radical (unpaired) electrons. The van der Waals surface area contributed by atoms with Crippen molar-refractivity contribution in [3.05, 3.63) is 0 Å². The van der Waals surface area contributed by atoms with E-state index in [1.165, 1.54) is 0 Å². The maximum atomic E-state index is 12.5. The second kappa shape index (κ2) is 8.57. The van der Waals surface area contributed by atoms with Gasteiger partial charge in [-0.3, -0.25) is 4.79 Å². The first-order valence-corrected chi connectivity index (χ1v) is 10.1. The van der Waals surface area contributed by atoms with Crippen molar-refractivity contribution in [3.8, 4) is 0 Å². The molecule has 26 heavy (non-hydrogen) atoms. The van der Waals surface area contributed by atoms with Gasteiger partial charge in [-0.05, 0) is 5.92 Å².